The van der Waals surface area contributed by atoms with Gasteiger partial charge in [0.1, 0.15) is 5.82 Å². The Balaban J connectivity index is 1.22. The minimum Gasteiger partial charge on any atom is -0.292 e. The lowest BCUT2D eigenvalue weighted by molar-refractivity contribution is 0.348. The predicted octanol–water partition coefficient (Wildman–Crippen LogP) is 12.1. The van der Waals surface area contributed by atoms with Gasteiger partial charge in [-0.3, -0.25) is 4.57 Å². The number of rotatable bonds is 4. The Hall–Kier alpha value is -4.95. The molecule has 1 aromatic heterocycles. The first-order valence-electron chi connectivity index (χ1n) is 17.3. The van der Waals surface area contributed by atoms with Gasteiger partial charge in [0.15, 0.2) is 0 Å². The second-order valence-electron chi connectivity index (χ2n) is 14.8. The molecular formula is C45H40N2. The molecule has 8 aromatic rings. The third-order valence-corrected chi connectivity index (χ3v) is 11.0. The average Bonchev–Trinajstić information content (AvgIpc) is 3.50. The van der Waals surface area contributed by atoms with Crippen molar-refractivity contribution in [2.24, 2.45) is 0 Å². The Morgan fingerprint density at radius 3 is 2.02 bits per heavy atom. The van der Waals surface area contributed by atoms with Crippen LogP contribution < -0.4 is 0 Å². The second kappa shape index (κ2) is 10.5. The van der Waals surface area contributed by atoms with Crippen molar-refractivity contribution < 1.29 is 0 Å². The topological polar surface area (TPSA) is 17.8 Å². The maximum absolute atomic E-state index is 5.09. The molecule has 1 aliphatic carbocycles. The zero-order valence-electron chi connectivity index (χ0n) is 27.6. The average molecular weight is 609 g/mol. The van der Waals surface area contributed by atoms with Gasteiger partial charge in [-0.25, -0.2) is 4.98 Å². The summed E-state index contributed by atoms with van der Waals surface area (Å²) in [4.78, 5) is 5.09. The molecule has 1 heterocycles. The predicted molar refractivity (Wildman–Crippen MR) is 199 cm³/mol. The molecule has 0 saturated heterocycles. The van der Waals surface area contributed by atoms with E-state index in [2.05, 4.69) is 153 Å². The van der Waals surface area contributed by atoms with Crippen LogP contribution in [-0.4, -0.2) is 9.55 Å². The Kier molecular flexibility index (Phi) is 6.34. The number of para-hydroxylation sites is 2. The molecule has 1 saturated carbocycles. The van der Waals surface area contributed by atoms with E-state index < -0.39 is 0 Å². The molecule has 0 amide bonds. The minimum atomic E-state index is -0.0189. The van der Waals surface area contributed by atoms with Crippen molar-refractivity contribution in [1.82, 2.24) is 9.55 Å². The molecule has 47 heavy (non-hydrogen) atoms. The summed E-state index contributed by atoms with van der Waals surface area (Å²) in [6, 6.07) is 47.7. The van der Waals surface area contributed by atoms with E-state index in [4.69, 9.17) is 4.98 Å². The Morgan fingerprint density at radius 1 is 0.617 bits per heavy atom. The van der Waals surface area contributed by atoms with Crippen LogP contribution in [0.1, 0.15) is 69.6 Å². The van der Waals surface area contributed by atoms with Gasteiger partial charge in [-0.15, -0.1) is 0 Å². The van der Waals surface area contributed by atoms with Crippen LogP contribution >= 0.6 is 0 Å². The summed E-state index contributed by atoms with van der Waals surface area (Å²) in [7, 11) is 0. The zero-order valence-corrected chi connectivity index (χ0v) is 27.6. The van der Waals surface area contributed by atoms with Crippen molar-refractivity contribution in [3.8, 4) is 17.1 Å². The molecule has 0 N–H and O–H groups in total. The smallest absolute Gasteiger partial charge is 0.145 e. The van der Waals surface area contributed by atoms with Crippen molar-refractivity contribution in [3.63, 3.8) is 0 Å². The van der Waals surface area contributed by atoms with E-state index in [1.807, 2.05) is 0 Å². The quantitative estimate of drug-likeness (QED) is 0.182. The third kappa shape index (κ3) is 4.42. The molecule has 0 spiro atoms. The van der Waals surface area contributed by atoms with Gasteiger partial charge >= 0.3 is 0 Å². The maximum atomic E-state index is 5.09. The van der Waals surface area contributed by atoms with E-state index >= 15 is 0 Å². The molecule has 2 heteroatoms. The van der Waals surface area contributed by atoms with Crippen molar-refractivity contribution in [2.45, 2.75) is 63.7 Å². The highest BCUT2D eigenvalue weighted by Crippen LogP contribution is 2.49. The summed E-state index contributed by atoms with van der Waals surface area (Å²) in [5, 5.41) is 8.31. The van der Waals surface area contributed by atoms with E-state index in [1.165, 1.54) is 81.1 Å². The van der Waals surface area contributed by atoms with Crippen LogP contribution in [0.25, 0.3) is 60.4 Å². The summed E-state index contributed by atoms with van der Waals surface area (Å²) < 4.78 is 2.32. The molecule has 0 bridgehead atoms. The van der Waals surface area contributed by atoms with E-state index in [0.29, 0.717) is 0 Å². The Bertz CT molecular complexity index is 2380. The van der Waals surface area contributed by atoms with Gasteiger partial charge in [-0.2, -0.15) is 0 Å². The van der Waals surface area contributed by atoms with E-state index in [1.54, 1.807) is 0 Å². The van der Waals surface area contributed by atoms with E-state index in [0.717, 1.165) is 28.1 Å². The van der Waals surface area contributed by atoms with Crippen LogP contribution in [0, 0.1) is 0 Å². The fourth-order valence-electron chi connectivity index (χ4n) is 8.54. The van der Waals surface area contributed by atoms with Crippen LogP contribution in [0.3, 0.4) is 0 Å². The molecule has 2 nitrogen and oxygen atoms in total. The lowest BCUT2D eigenvalue weighted by Gasteiger charge is -2.40. The number of hydrogen-bond donors (Lipinski definition) is 0. The van der Waals surface area contributed by atoms with Crippen molar-refractivity contribution in [3.05, 3.63) is 144 Å². The van der Waals surface area contributed by atoms with Gasteiger partial charge in [0, 0.05) is 16.7 Å². The van der Waals surface area contributed by atoms with Gasteiger partial charge in [0.25, 0.3) is 0 Å². The molecule has 1 aliphatic rings. The van der Waals surface area contributed by atoms with E-state index in [9.17, 15) is 0 Å². The summed E-state index contributed by atoms with van der Waals surface area (Å²) in [6.45, 7) is 6.94. The van der Waals surface area contributed by atoms with Gasteiger partial charge in [-0.05, 0) is 91.5 Å². The molecule has 0 atom stereocenters. The van der Waals surface area contributed by atoms with Crippen molar-refractivity contribution >= 4 is 43.4 Å². The van der Waals surface area contributed by atoms with Crippen LogP contribution in [-0.2, 0) is 10.8 Å². The zero-order chi connectivity index (χ0) is 31.8. The number of benzene rings is 7. The molecule has 0 aliphatic heterocycles. The highest BCUT2D eigenvalue weighted by molar-refractivity contribution is 6.24. The summed E-state index contributed by atoms with van der Waals surface area (Å²) in [6.07, 6.45) is 6.16. The molecule has 7 aromatic carbocycles. The monoisotopic (exact) mass is 608 g/mol. The molecular weight excluding hydrogens is 569 g/mol. The summed E-state index contributed by atoms with van der Waals surface area (Å²) >= 11 is 0. The number of hydrogen-bond acceptors (Lipinski definition) is 1. The van der Waals surface area contributed by atoms with E-state index in [-0.39, 0.29) is 10.8 Å². The Morgan fingerprint density at radius 2 is 1.28 bits per heavy atom. The van der Waals surface area contributed by atoms with Crippen molar-refractivity contribution in [1.29, 1.82) is 0 Å². The van der Waals surface area contributed by atoms with Crippen LogP contribution in [0.15, 0.2) is 127 Å². The highest BCUT2D eigenvalue weighted by Gasteiger charge is 2.37. The largest absolute Gasteiger partial charge is 0.292 e. The van der Waals surface area contributed by atoms with Crippen LogP contribution in [0.2, 0.25) is 0 Å². The van der Waals surface area contributed by atoms with Gasteiger partial charge in [0.05, 0.1) is 11.0 Å². The summed E-state index contributed by atoms with van der Waals surface area (Å²) in [5.41, 5.74) is 8.83. The van der Waals surface area contributed by atoms with Gasteiger partial charge in [0.2, 0.25) is 0 Å². The maximum Gasteiger partial charge on any atom is 0.145 e. The fraction of sp³-hybridized carbons (Fsp3) is 0.222. The number of aromatic nitrogens is 2. The number of fused-ring (bicyclic) bond motifs is 1. The lowest BCUT2D eigenvalue weighted by atomic mass is 9.64. The molecule has 230 valence electrons. The standard InChI is InChI=1S/C45H40N2/c1-44(2,3)35-28-32-17-16-30-19-25-38(37-24-18-33(29-35)41(32)42(30)37)45(26-10-5-11-27-45)34-20-22-36(23-21-34)47-40-15-9-8-14-39(40)46-43(47)31-12-6-4-7-13-31/h4,6-9,12-25,28-29H,5,10-11,26-27H2,1-3H3. The number of nitrogens with zero attached hydrogens (tertiary/aromatic N) is 2. The molecule has 1 fully saturated rings. The lowest BCUT2D eigenvalue weighted by Crippen LogP contribution is -2.30. The van der Waals surface area contributed by atoms with Gasteiger partial charge < -0.3 is 0 Å². The second-order valence-corrected chi connectivity index (χ2v) is 14.8. The summed E-state index contributed by atoms with van der Waals surface area (Å²) in [5.74, 6) is 0.980. The first-order valence-corrected chi connectivity index (χ1v) is 17.3. The molecule has 9 rings (SSSR count). The molecule has 0 unspecified atom stereocenters. The fourth-order valence-corrected chi connectivity index (χ4v) is 8.54. The van der Waals surface area contributed by atoms with Gasteiger partial charge in [-0.1, -0.05) is 143 Å². The third-order valence-electron chi connectivity index (χ3n) is 11.0. The minimum absolute atomic E-state index is 0.0189. The number of imidazole rings is 1. The van der Waals surface area contributed by atoms with Crippen LogP contribution in [0.5, 0.6) is 0 Å². The SMILES string of the molecule is CC(C)(C)c1cc2ccc3ccc(C4(c5ccc(-n6c(-c7ccccc7)nc7ccccc76)cc5)CCCCC4)c4ccc(c1)c2c34. The first kappa shape index (κ1) is 28.3. The first-order chi connectivity index (χ1) is 22.9. The Labute approximate surface area is 277 Å². The molecule has 0 radical (unpaired) electrons. The highest BCUT2D eigenvalue weighted by atomic mass is 15.1. The van der Waals surface area contributed by atoms with Crippen LogP contribution in [0.4, 0.5) is 0 Å². The normalized spacial score (nSPS) is 15.3. The van der Waals surface area contributed by atoms with Crippen molar-refractivity contribution in [2.75, 3.05) is 0 Å².